The molecule has 2 fully saturated rings. The first kappa shape index (κ1) is 19.0. The van der Waals surface area contributed by atoms with Crippen LogP contribution in [-0.4, -0.2) is 77.2 Å². The van der Waals surface area contributed by atoms with E-state index in [9.17, 15) is 4.79 Å². The van der Waals surface area contributed by atoms with Crippen LogP contribution in [0.1, 0.15) is 37.7 Å². The monoisotopic (exact) mass is 361 g/mol. The summed E-state index contributed by atoms with van der Waals surface area (Å²) in [4.78, 5) is 26.1. The molecule has 0 spiro atoms. The number of carbonyl (C=O) groups is 1. The van der Waals surface area contributed by atoms with Gasteiger partial charge in [0.1, 0.15) is 6.54 Å². The summed E-state index contributed by atoms with van der Waals surface area (Å²) in [7, 11) is 1.69. The largest absolute Gasteiger partial charge is 0.480 e. The summed E-state index contributed by atoms with van der Waals surface area (Å²) in [6, 6.07) is 0. The number of anilines is 1. The molecule has 1 atom stereocenters. The highest BCUT2D eigenvalue weighted by Crippen LogP contribution is 2.21. The Morgan fingerprint density at radius 2 is 1.85 bits per heavy atom. The Morgan fingerprint density at radius 3 is 2.54 bits per heavy atom. The molecule has 0 saturated carbocycles. The van der Waals surface area contributed by atoms with E-state index in [0.29, 0.717) is 5.95 Å². The van der Waals surface area contributed by atoms with Crippen LogP contribution in [-0.2, 0) is 11.3 Å². The molecule has 144 valence electrons. The first-order valence-electron chi connectivity index (χ1n) is 9.78. The van der Waals surface area contributed by atoms with Crippen molar-refractivity contribution in [2.75, 3.05) is 51.2 Å². The molecule has 7 heteroatoms. The number of aromatic nitrogens is 2. The number of rotatable bonds is 7. The molecule has 1 aromatic heterocycles. The minimum absolute atomic E-state index is 0.0936. The molecular weight excluding hydrogens is 330 g/mol. The summed E-state index contributed by atoms with van der Waals surface area (Å²) in [5, 5.41) is 8.85. The van der Waals surface area contributed by atoms with E-state index in [0.717, 1.165) is 31.1 Å². The summed E-state index contributed by atoms with van der Waals surface area (Å²) < 4.78 is 0. The van der Waals surface area contributed by atoms with Crippen LogP contribution < -0.4 is 4.90 Å². The maximum absolute atomic E-state index is 10.8. The minimum Gasteiger partial charge on any atom is -0.480 e. The predicted octanol–water partition coefficient (Wildman–Crippen LogP) is 1.70. The predicted molar refractivity (Wildman–Crippen MR) is 101 cm³/mol. The second-order valence-electron chi connectivity index (χ2n) is 7.75. The maximum atomic E-state index is 10.8. The lowest BCUT2D eigenvalue weighted by atomic mass is 9.96. The molecule has 2 saturated heterocycles. The zero-order valence-electron chi connectivity index (χ0n) is 15.8. The smallest absolute Gasteiger partial charge is 0.323 e. The van der Waals surface area contributed by atoms with Crippen molar-refractivity contribution in [3.8, 4) is 0 Å². The van der Waals surface area contributed by atoms with Crippen LogP contribution in [0.15, 0.2) is 12.4 Å². The van der Waals surface area contributed by atoms with Gasteiger partial charge in [-0.05, 0) is 51.2 Å². The van der Waals surface area contributed by atoms with Crippen molar-refractivity contribution in [3.63, 3.8) is 0 Å². The lowest BCUT2D eigenvalue weighted by Crippen LogP contribution is -2.42. The van der Waals surface area contributed by atoms with E-state index >= 15 is 0 Å². The zero-order chi connectivity index (χ0) is 18.4. The molecule has 3 heterocycles. The van der Waals surface area contributed by atoms with Gasteiger partial charge in [-0.15, -0.1) is 0 Å². The fourth-order valence-corrected chi connectivity index (χ4v) is 4.11. The molecule has 26 heavy (non-hydrogen) atoms. The molecule has 3 rings (SSSR count). The second kappa shape index (κ2) is 9.28. The molecule has 7 nitrogen and oxygen atoms in total. The van der Waals surface area contributed by atoms with Crippen LogP contribution in [0.3, 0.4) is 0 Å². The lowest BCUT2D eigenvalue weighted by molar-refractivity contribution is -0.135. The van der Waals surface area contributed by atoms with E-state index in [1.807, 2.05) is 12.4 Å². The van der Waals surface area contributed by atoms with Gasteiger partial charge in [-0.25, -0.2) is 9.97 Å². The van der Waals surface area contributed by atoms with Crippen LogP contribution in [0, 0.1) is 5.92 Å². The maximum Gasteiger partial charge on any atom is 0.323 e. The van der Waals surface area contributed by atoms with Crippen molar-refractivity contribution in [2.24, 2.45) is 5.92 Å². The fourth-order valence-electron chi connectivity index (χ4n) is 4.11. The summed E-state index contributed by atoms with van der Waals surface area (Å²) in [6.07, 6.45) is 10.4. The fraction of sp³-hybridized carbons (Fsp3) is 0.737. The van der Waals surface area contributed by atoms with Gasteiger partial charge in [0.05, 0.1) is 0 Å². The van der Waals surface area contributed by atoms with Gasteiger partial charge in [-0.2, -0.15) is 0 Å². The zero-order valence-corrected chi connectivity index (χ0v) is 15.8. The van der Waals surface area contributed by atoms with Gasteiger partial charge in [0.25, 0.3) is 0 Å². The van der Waals surface area contributed by atoms with Crippen molar-refractivity contribution in [2.45, 2.75) is 38.6 Å². The normalized spacial score (nSPS) is 22.3. The molecule has 0 amide bonds. The number of carboxylic acid groups (broad SMARTS) is 1. The van der Waals surface area contributed by atoms with Crippen molar-refractivity contribution in [1.29, 1.82) is 0 Å². The molecule has 0 aliphatic carbocycles. The first-order chi connectivity index (χ1) is 12.6. The number of aliphatic carboxylic acids is 1. The van der Waals surface area contributed by atoms with E-state index in [2.05, 4.69) is 19.8 Å². The van der Waals surface area contributed by atoms with Gasteiger partial charge in [0, 0.05) is 44.6 Å². The topological polar surface area (TPSA) is 72.8 Å². The summed E-state index contributed by atoms with van der Waals surface area (Å²) in [5.74, 6) is 0.342. The van der Waals surface area contributed by atoms with E-state index in [1.165, 1.54) is 51.7 Å². The number of hydrogen-bond donors (Lipinski definition) is 1. The number of likely N-dealkylation sites (N-methyl/N-ethyl adjacent to an activating group) is 1. The van der Waals surface area contributed by atoms with Crippen LogP contribution in [0.25, 0.3) is 0 Å². The molecule has 2 aliphatic heterocycles. The number of likely N-dealkylation sites (tertiary alicyclic amines) is 2. The van der Waals surface area contributed by atoms with Gasteiger partial charge in [-0.1, -0.05) is 6.42 Å². The van der Waals surface area contributed by atoms with Crippen LogP contribution in [0.4, 0.5) is 5.95 Å². The molecule has 0 unspecified atom stereocenters. The highest BCUT2D eigenvalue weighted by atomic mass is 16.4. The van der Waals surface area contributed by atoms with Crippen LogP contribution in [0.2, 0.25) is 0 Å². The van der Waals surface area contributed by atoms with E-state index < -0.39 is 5.97 Å². The van der Waals surface area contributed by atoms with Crippen molar-refractivity contribution >= 4 is 11.9 Å². The Morgan fingerprint density at radius 1 is 1.15 bits per heavy atom. The van der Waals surface area contributed by atoms with Gasteiger partial charge in [0.2, 0.25) is 5.95 Å². The third kappa shape index (κ3) is 5.64. The third-order valence-electron chi connectivity index (χ3n) is 5.38. The van der Waals surface area contributed by atoms with Gasteiger partial charge in [0.15, 0.2) is 0 Å². The summed E-state index contributed by atoms with van der Waals surface area (Å²) in [5.41, 5.74) is 1.09. The van der Waals surface area contributed by atoms with Crippen molar-refractivity contribution in [3.05, 3.63) is 18.0 Å². The van der Waals surface area contributed by atoms with Crippen LogP contribution >= 0.6 is 0 Å². The number of nitrogens with zero attached hydrogens (tertiary/aromatic N) is 5. The molecule has 0 aromatic carbocycles. The molecule has 1 N–H and O–H groups in total. The molecular formula is C19H31N5O2. The van der Waals surface area contributed by atoms with Gasteiger partial charge in [-0.3, -0.25) is 9.69 Å². The Kier molecular flexibility index (Phi) is 6.80. The number of hydrogen-bond acceptors (Lipinski definition) is 6. The number of piperidine rings is 2. The van der Waals surface area contributed by atoms with Crippen molar-refractivity contribution in [1.82, 2.24) is 19.8 Å². The van der Waals surface area contributed by atoms with Crippen molar-refractivity contribution < 1.29 is 9.90 Å². The minimum atomic E-state index is -0.881. The summed E-state index contributed by atoms with van der Waals surface area (Å²) >= 11 is 0. The quantitative estimate of drug-likeness (QED) is 0.792. The Bertz CT molecular complexity index is 574. The molecule has 2 aliphatic rings. The highest BCUT2D eigenvalue weighted by molar-refractivity contribution is 5.72. The third-order valence-corrected chi connectivity index (χ3v) is 5.38. The number of carboxylic acids is 1. The molecule has 0 bridgehead atoms. The SMILES string of the molecule is CN(CC(=O)O)c1ncc(CN2CCC[C@@H](CN3CCCCC3)C2)cn1. The highest BCUT2D eigenvalue weighted by Gasteiger charge is 2.23. The van der Waals surface area contributed by atoms with E-state index in [4.69, 9.17) is 5.11 Å². The standard InChI is InChI=1S/C19H31N5O2/c1-22(15-18(25)26)19-20-10-17(11-21-19)14-24-9-5-6-16(13-24)12-23-7-3-2-4-8-23/h10-11,16H,2-9,12-15H2,1H3,(H,25,26)/t16-/m0/s1. The average molecular weight is 361 g/mol. The first-order valence-corrected chi connectivity index (χ1v) is 9.78. The van der Waals surface area contributed by atoms with Gasteiger partial charge < -0.3 is 14.9 Å². The summed E-state index contributed by atoms with van der Waals surface area (Å²) in [6.45, 7) is 6.86. The second-order valence-corrected chi connectivity index (χ2v) is 7.75. The van der Waals surface area contributed by atoms with E-state index in [-0.39, 0.29) is 6.54 Å². The average Bonchev–Trinajstić information content (AvgIpc) is 2.63. The van der Waals surface area contributed by atoms with Crippen LogP contribution in [0.5, 0.6) is 0 Å². The van der Waals surface area contributed by atoms with E-state index in [1.54, 1.807) is 11.9 Å². The Balaban J connectivity index is 1.49. The van der Waals surface area contributed by atoms with Gasteiger partial charge >= 0.3 is 5.97 Å². The molecule has 0 radical (unpaired) electrons. The lowest BCUT2D eigenvalue weighted by Gasteiger charge is -2.36. The Hall–Kier alpha value is -1.73. The molecule has 1 aromatic rings. The Labute approximate surface area is 156 Å².